The standard InChI is InChI=1S/C25H29NO3/c1-17(25(27)28)13-19-7-10-24(29-16-18-5-3-4-6-18)22(14-19)20-8-9-23-21(15-20)11-12-26(23)2/h7-12,14-15,17-18H,3-6,13,16H2,1-2H3,(H,27,28). The van der Waals surface area contributed by atoms with E-state index in [2.05, 4.69) is 41.1 Å². The molecule has 152 valence electrons. The van der Waals surface area contributed by atoms with E-state index in [1.54, 1.807) is 6.92 Å². The third-order valence-electron chi connectivity index (χ3n) is 6.15. The number of fused-ring (bicyclic) bond motifs is 1. The van der Waals surface area contributed by atoms with E-state index < -0.39 is 11.9 Å². The number of hydrogen-bond donors (Lipinski definition) is 1. The molecular formula is C25H29NO3. The van der Waals surface area contributed by atoms with E-state index in [4.69, 9.17) is 4.74 Å². The lowest BCUT2D eigenvalue weighted by atomic mass is 9.96. The van der Waals surface area contributed by atoms with Gasteiger partial charge < -0.3 is 14.4 Å². The van der Waals surface area contributed by atoms with Gasteiger partial charge in [0.2, 0.25) is 0 Å². The minimum atomic E-state index is -0.765. The van der Waals surface area contributed by atoms with Crippen molar-refractivity contribution in [3.8, 4) is 16.9 Å². The Bertz CT molecular complexity index is 1010. The van der Waals surface area contributed by atoms with Crippen molar-refractivity contribution in [1.82, 2.24) is 4.57 Å². The molecule has 0 spiro atoms. The number of nitrogens with zero attached hydrogens (tertiary/aromatic N) is 1. The molecule has 4 rings (SSSR count). The maximum absolute atomic E-state index is 11.3. The number of aromatic nitrogens is 1. The molecular weight excluding hydrogens is 362 g/mol. The minimum Gasteiger partial charge on any atom is -0.493 e. The van der Waals surface area contributed by atoms with Crippen LogP contribution in [0.1, 0.15) is 38.2 Å². The van der Waals surface area contributed by atoms with Crippen LogP contribution in [-0.4, -0.2) is 22.2 Å². The van der Waals surface area contributed by atoms with Gasteiger partial charge in [0, 0.05) is 29.7 Å². The maximum atomic E-state index is 11.3. The number of carbonyl (C=O) groups is 1. The van der Waals surface area contributed by atoms with Crippen LogP contribution in [0.4, 0.5) is 0 Å². The van der Waals surface area contributed by atoms with Crippen molar-refractivity contribution >= 4 is 16.9 Å². The second-order valence-electron chi connectivity index (χ2n) is 8.44. The Balaban J connectivity index is 1.68. The number of aryl methyl sites for hydroxylation is 1. The van der Waals surface area contributed by atoms with Crippen molar-refractivity contribution < 1.29 is 14.6 Å². The smallest absolute Gasteiger partial charge is 0.306 e. The monoisotopic (exact) mass is 391 g/mol. The molecule has 0 aliphatic heterocycles. The van der Waals surface area contributed by atoms with Crippen molar-refractivity contribution in [3.05, 3.63) is 54.2 Å². The lowest BCUT2D eigenvalue weighted by molar-refractivity contribution is -0.141. The summed E-state index contributed by atoms with van der Waals surface area (Å²) < 4.78 is 8.39. The third kappa shape index (κ3) is 4.31. The van der Waals surface area contributed by atoms with Gasteiger partial charge in [0.25, 0.3) is 0 Å². The summed E-state index contributed by atoms with van der Waals surface area (Å²) in [6.07, 6.45) is 7.68. The molecule has 2 aromatic carbocycles. The first-order chi connectivity index (χ1) is 14.0. The highest BCUT2D eigenvalue weighted by Gasteiger charge is 2.18. The predicted octanol–water partition coefficient (Wildman–Crippen LogP) is 5.68. The number of aliphatic carboxylic acids is 1. The number of carboxylic acids is 1. The molecule has 1 aromatic heterocycles. The minimum absolute atomic E-state index is 0.412. The summed E-state index contributed by atoms with van der Waals surface area (Å²) in [6, 6.07) is 14.7. The predicted molar refractivity (Wildman–Crippen MR) is 116 cm³/mol. The first kappa shape index (κ1) is 19.6. The van der Waals surface area contributed by atoms with Gasteiger partial charge in [0.1, 0.15) is 5.75 Å². The molecule has 0 amide bonds. The zero-order valence-corrected chi connectivity index (χ0v) is 17.2. The number of carboxylic acid groups (broad SMARTS) is 1. The fourth-order valence-electron chi connectivity index (χ4n) is 4.33. The number of rotatable bonds is 7. The Morgan fingerprint density at radius 2 is 1.97 bits per heavy atom. The molecule has 1 aliphatic rings. The van der Waals surface area contributed by atoms with Crippen molar-refractivity contribution in [2.45, 2.75) is 39.0 Å². The second kappa shape index (κ2) is 8.32. The number of ether oxygens (including phenoxy) is 1. The van der Waals surface area contributed by atoms with Gasteiger partial charge in [-0.3, -0.25) is 4.79 Å². The first-order valence-electron chi connectivity index (χ1n) is 10.6. The Morgan fingerprint density at radius 1 is 1.17 bits per heavy atom. The molecule has 1 unspecified atom stereocenters. The lowest BCUT2D eigenvalue weighted by Crippen LogP contribution is -2.12. The molecule has 0 radical (unpaired) electrons. The zero-order valence-electron chi connectivity index (χ0n) is 17.2. The SMILES string of the molecule is CC(Cc1ccc(OCC2CCCC2)c(-c2ccc3c(ccn3C)c2)c1)C(=O)O. The second-order valence-corrected chi connectivity index (χ2v) is 8.44. The fourth-order valence-corrected chi connectivity index (χ4v) is 4.33. The van der Waals surface area contributed by atoms with Gasteiger partial charge in [0.05, 0.1) is 12.5 Å². The van der Waals surface area contributed by atoms with Crippen LogP contribution in [0.3, 0.4) is 0 Å². The lowest BCUT2D eigenvalue weighted by Gasteiger charge is -2.17. The maximum Gasteiger partial charge on any atom is 0.306 e. The van der Waals surface area contributed by atoms with E-state index in [1.165, 1.54) is 36.6 Å². The summed E-state index contributed by atoms with van der Waals surface area (Å²) >= 11 is 0. The molecule has 29 heavy (non-hydrogen) atoms. The van der Waals surface area contributed by atoms with E-state index in [9.17, 15) is 9.90 Å². The van der Waals surface area contributed by atoms with Gasteiger partial charge in [-0.05, 0) is 66.6 Å². The van der Waals surface area contributed by atoms with Crippen LogP contribution in [0.15, 0.2) is 48.7 Å². The molecule has 0 saturated heterocycles. The van der Waals surface area contributed by atoms with Crippen LogP contribution in [0.25, 0.3) is 22.0 Å². The van der Waals surface area contributed by atoms with Crippen molar-refractivity contribution in [2.75, 3.05) is 6.61 Å². The summed E-state index contributed by atoms with van der Waals surface area (Å²) in [5.41, 5.74) is 4.37. The van der Waals surface area contributed by atoms with E-state index in [0.29, 0.717) is 12.3 Å². The number of hydrogen-bond acceptors (Lipinski definition) is 2. The molecule has 4 nitrogen and oxygen atoms in total. The van der Waals surface area contributed by atoms with Crippen LogP contribution < -0.4 is 4.74 Å². The zero-order chi connectivity index (χ0) is 20.4. The van der Waals surface area contributed by atoms with Crippen molar-refractivity contribution in [3.63, 3.8) is 0 Å². The molecule has 1 heterocycles. The highest BCUT2D eigenvalue weighted by molar-refractivity contribution is 5.87. The fraction of sp³-hybridized carbons (Fsp3) is 0.400. The van der Waals surface area contributed by atoms with Gasteiger partial charge in [-0.15, -0.1) is 0 Å². The molecule has 3 aromatic rings. The van der Waals surface area contributed by atoms with Gasteiger partial charge in [-0.2, -0.15) is 0 Å². The summed E-state index contributed by atoms with van der Waals surface area (Å²) in [6.45, 7) is 2.51. The topological polar surface area (TPSA) is 51.5 Å². The molecule has 1 atom stereocenters. The van der Waals surface area contributed by atoms with Gasteiger partial charge in [0.15, 0.2) is 0 Å². The van der Waals surface area contributed by atoms with E-state index in [1.807, 2.05) is 19.2 Å². The normalized spacial score (nSPS) is 15.7. The van der Waals surface area contributed by atoms with Gasteiger partial charge in [-0.1, -0.05) is 31.9 Å². The van der Waals surface area contributed by atoms with E-state index >= 15 is 0 Å². The summed E-state index contributed by atoms with van der Waals surface area (Å²) in [7, 11) is 2.05. The van der Waals surface area contributed by atoms with Crippen LogP contribution in [0.2, 0.25) is 0 Å². The van der Waals surface area contributed by atoms with Crippen molar-refractivity contribution in [1.29, 1.82) is 0 Å². The molecule has 1 aliphatic carbocycles. The van der Waals surface area contributed by atoms with Crippen LogP contribution in [0, 0.1) is 11.8 Å². The van der Waals surface area contributed by atoms with Gasteiger partial charge in [-0.25, -0.2) is 0 Å². The molecule has 1 fully saturated rings. The Morgan fingerprint density at radius 3 is 2.72 bits per heavy atom. The van der Waals surface area contributed by atoms with Crippen LogP contribution in [0.5, 0.6) is 5.75 Å². The highest BCUT2D eigenvalue weighted by atomic mass is 16.5. The Hall–Kier alpha value is -2.75. The molecule has 0 bridgehead atoms. The Labute approximate surface area is 172 Å². The van der Waals surface area contributed by atoms with E-state index in [-0.39, 0.29) is 0 Å². The van der Waals surface area contributed by atoms with E-state index in [0.717, 1.165) is 29.0 Å². The quantitative estimate of drug-likeness (QED) is 0.564. The molecule has 1 N–H and O–H groups in total. The van der Waals surface area contributed by atoms with Crippen LogP contribution in [-0.2, 0) is 18.3 Å². The summed E-state index contributed by atoms with van der Waals surface area (Å²) in [4.78, 5) is 11.3. The Kier molecular flexibility index (Phi) is 5.61. The third-order valence-corrected chi connectivity index (χ3v) is 6.15. The number of benzene rings is 2. The summed E-state index contributed by atoms with van der Waals surface area (Å²) in [5.74, 6) is 0.355. The summed E-state index contributed by atoms with van der Waals surface area (Å²) in [5, 5.41) is 10.5. The van der Waals surface area contributed by atoms with Crippen molar-refractivity contribution in [2.24, 2.45) is 18.9 Å². The average Bonchev–Trinajstić information content (AvgIpc) is 3.36. The van der Waals surface area contributed by atoms with Gasteiger partial charge >= 0.3 is 5.97 Å². The molecule has 1 saturated carbocycles. The highest BCUT2D eigenvalue weighted by Crippen LogP contribution is 2.35. The molecule has 4 heteroatoms. The van der Waals surface area contributed by atoms with Crippen LogP contribution >= 0.6 is 0 Å². The first-order valence-corrected chi connectivity index (χ1v) is 10.6. The average molecular weight is 392 g/mol. The largest absolute Gasteiger partial charge is 0.493 e.